The zero-order valence-corrected chi connectivity index (χ0v) is 24.4. The molecule has 2 aromatic carbocycles. The Balaban J connectivity index is 1.94. The van der Waals surface area contributed by atoms with Gasteiger partial charge in [-0.05, 0) is 50.0 Å². The van der Waals surface area contributed by atoms with Gasteiger partial charge in [-0.1, -0.05) is 81.4 Å². The molecular weight excluding hydrogens is 486 g/mol. The number of alkyl carbamates (subject to hydrolysis) is 1. The van der Waals surface area contributed by atoms with Gasteiger partial charge in [0, 0.05) is 0 Å². The highest BCUT2D eigenvalue weighted by atomic mass is 28.4. The minimum absolute atomic E-state index is 0.203. The van der Waals surface area contributed by atoms with Gasteiger partial charge in [0.05, 0.1) is 19.3 Å². The molecule has 3 rings (SSSR count). The van der Waals surface area contributed by atoms with Gasteiger partial charge in [0.25, 0.3) is 8.32 Å². The fourth-order valence-electron chi connectivity index (χ4n) is 4.99. The Morgan fingerprint density at radius 2 is 1.49 bits per heavy atom. The first kappa shape index (κ1) is 29.3. The van der Waals surface area contributed by atoms with Crippen LogP contribution in [-0.2, 0) is 18.6 Å². The average molecular weight is 530 g/mol. The SMILES string of the molecule is CC(C)(C)OC(=O)N[C@H](CO)[C@@H]1OC(C)(C)O[C@H]1CO[Si](c1ccccc1)(c1ccccc1)C(C)(C)C. The summed E-state index contributed by atoms with van der Waals surface area (Å²) in [6.45, 7) is 15.6. The smallest absolute Gasteiger partial charge is 0.408 e. The van der Waals surface area contributed by atoms with Gasteiger partial charge in [-0.2, -0.15) is 0 Å². The summed E-state index contributed by atoms with van der Waals surface area (Å²) < 4.78 is 24.9. The van der Waals surface area contributed by atoms with Crippen LogP contribution in [0.2, 0.25) is 5.04 Å². The molecule has 37 heavy (non-hydrogen) atoms. The molecule has 0 radical (unpaired) electrons. The Morgan fingerprint density at radius 1 is 0.973 bits per heavy atom. The standard InChI is InChI=1S/C29H43NO6Si/c1-27(2,3)36-26(32)30-23(19-31)25-24(34-29(7,8)35-25)20-33-37(28(4,5)6,21-15-11-9-12-16-21)22-17-13-10-14-18-22/h9-18,23-25,31H,19-20H2,1-8H3,(H,30,32)/t23-,24+,25+/m1/s1. The molecule has 1 saturated heterocycles. The number of rotatable bonds is 8. The molecule has 0 bridgehead atoms. The molecule has 1 aliphatic rings. The largest absolute Gasteiger partial charge is 0.444 e. The van der Waals surface area contributed by atoms with Gasteiger partial charge in [-0.15, -0.1) is 0 Å². The molecule has 1 fully saturated rings. The van der Waals surface area contributed by atoms with E-state index >= 15 is 0 Å². The van der Waals surface area contributed by atoms with E-state index in [1.807, 2.05) is 50.2 Å². The molecule has 0 spiro atoms. The van der Waals surface area contributed by atoms with E-state index in [-0.39, 0.29) is 18.3 Å². The summed E-state index contributed by atoms with van der Waals surface area (Å²) in [7, 11) is -2.81. The summed E-state index contributed by atoms with van der Waals surface area (Å²) in [5, 5.41) is 15.1. The highest BCUT2D eigenvalue weighted by Gasteiger charge is 2.52. The van der Waals surface area contributed by atoms with Crippen molar-refractivity contribution in [2.75, 3.05) is 13.2 Å². The Kier molecular flexibility index (Phi) is 8.92. The van der Waals surface area contributed by atoms with E-state index in [2.05, 4.69) is 50.4 Å². The quantitative estimate of drug-likeness (QED) is 0.504. The third kappa shape index (κ3) is 7.00. The molecular formula is C29H43NO6Si. The molecule has 0 unspecified atom stereocenters. The Morgan fingerprint density at radius 3 is 1.92 bits per heavy atom. The maximum Gasteiger partial charge on any atom is 0.408 e. The predicted octanol–water partition coefficient (Wildman–Crippen LogP) is 3.97. The zero-order chi connectivity index (χ0) is 27.5. The van der Waals surface area contributed by atoms with Gasteiger partial charge in [-0.25, -0.2) is 4.79 Å². The van der Waals surface area contributed by atoms with Crippen LogP contribution in [0.15, 0.2) is 60.7 Å². The van der Waals surface area contributed by atoms with Crippen LogP contribution in [0.1, 0.15) is 55.4 Å². The van der Waals surface area contributed by atoms with Crippen molar-refractivity contribution in [3.8, 4) is 0 Å². The van der Waals surface area contributed by atoms with E-state index < -0.39 is 44.0 Å². The van der Waals surface area contributed by atoms with Crippen molar-refractivity contribution in [1.82, 2.24) is 5.32 Å². The van der Waals surface area contributed by atoms with Crippen LogP contribution in [0.3, 0.4) is 0 Å². The minimum atomic E-state index is -2.81. The second kappa shape index (κ2) is 11.3. The van der Waals surface area contributed by atoms with Gasteiger partial charge in [0.15, 0.2) is 5.79 Å². The Labute approximate surface area is 222 Å². The van der Waals surface area contributed by atoms with Crippen molar-refractivity contribution in [3.63, 3.8) is 0 Å². The lowest BCUT2D eigenvalue weighted by molar-refractivity contribution is -0.151. The Bertz CT molecular complexity index is 977. The van der Waals surface area contributed by atoms with E-state index in [9.17, 15) is 9.90 Å². The molecule has 1 amide bonds. The first-order chi connectivity index (χ1) is 17.2. The summed E-state index contributed by atoms with van der Waals surface area (Å²) in [5.41, 5.74) is -0.664. The van der Waals surface area contributed by atoms with Crippen molar-refractivity contribution in [2.45, 2.75) is 90.1 Å². The van der Waals surface area contributed by atoms with Crippen molar-refractivity contribution in [1.29, 1.82) is 0 Å². The average Bonchev–Trinajstić information content (AvgIpc) is 3.11. The summed E-state index contributed by atoms with van der Waals surface area (Å²) >= 11 is 0. The van der Waals surface area contributed by atoms with E-state index in [0.29, 0.717) is 0 Å². The Hall–Kier alpha value is -2.23. The maximum absolute atomic E-state index is 12.5. The van der Waals surface area contributed by atoms with Crippen molar-refractivity contribution in [2.24, 2.45) is 0 Å². The molecule has 204 valence electrons. The molecule has 1 heterocycles. The molecule has 2 aromatic rings. The molecule has 0 saturated carbocycles. The third-order valence-corrected chi connectivity index (χ3v) is 11.4. The van der Waals surface area contributed by atoms with Gasteiger partial charge in [0.2, 0.25) is 0 Å². The fourth-order valence-corrected chi connectivity index (χ4v) is 9.56. The lowest BCUT2D eigenvalue weighted by atomic mass is 10.1. The number of aliphatic hydroxyl groups excluding tert-OH is 1. The van der Waals surface area contributed by atoms with Crippen LogP contribution in [0.5, 0.6) is 0 Å². The second-order valence-corrected chi connectivity index (χ2v) is 16.4. The molecule has 1 aliphatic heterocycles. The van der Waals surface area contributed by atoms with Crippen molar-refractivity contribution < 1.29 is 28.5 Å². The molecule has 0 aliphatic carbocycles. The van der Waals surface area contributed by atoms with E-state index in [1.165, 1.54) is 0 Å². The summed E-state index contributed by atoms with van der Waals surface area (Å²) in [6, 6.07) is 20.0. The minimum Gasteiger partial charge on any atom is -0.444 e. The third-order valence-electron chi connectivity index (χ3n) is 6.40. The number of hydrogen-bond acceptors (Lipinski definition) is 6. The van der Waals surface area contributed by atoms with E-state index in [1.54, 1.807) is 20.8 Å². The van der Waals surface area contributed by atoms with E-state index in [0.717, 1.165) is 10.4 Å². The molecule has 2 N–H and O–H groups in total. The van der Waals surface area contributed by atoms with Crippen LogP contribution >= 0.6 is 0 Å². The molecule has 0 aromatic heterocycles. The first-order valence-corrected chi connectivity index (χ1v) is 14.8. The van der Waals surface area contributed by atoms with E-state index in [4.69, 9.17) is 18.6 Å². The lowest BCUT2D eigenvalue weighted by Crippen LogP contribution is -2.67. The van der Waals surface area contributed by atoms with Crippen LogP contribution in [0, 0.1) is 0 Å². The van der Waals surface area contributed by atoms with Gasteiger partial charge in [-0.3, -0.25) is 0 Å². The van der Waals surface area contributed by atoms with Gasteiger partial charge < -0.3 is 29.1 Å². The zero-order valence-electron chi connectivity index (χ0n) is 23.4. The summed E-state index contributed by atoms with van der Waals surface area (Å²) in [6.07, 6.45) is -1.78. The predicted molar refractivity (Wildman–Crippen MR) is 148 cm³/mol. The first-order valence-electron chi connectivity index (χ1n) is 12.9. The van der Waals surface area contributed by atoms with Crippen LogP contribution < -0.4 is 15.7 Å². The lowest BCUT2D eigenvalue weighted by Gasteiger charge is -2.43. The van der Waals surface area contributed by atoms with Crippen molar-refractivity contribution >= 4 is 24.8 Å². The van der Waals surface area contributed by atoms with Crippen LogP contribution in [0.4, 0.5) is 4.79 Å². The molecule has 8 heteroatoms. The number of hydrogen-bond donors (Lipinski definition) is 2. The summed E-state index contributed by atoms with van der Waals surface area (Å²) in [5.74, 6) is -0.910. The van der Waals surface area contributed by atoms with Gasteiger partial charge in [0.1, 0.15) is 17.8 Å². The molecule has 7 nitrogen and oxygen atoms in total. The number of ether oxygens (including phenoxy) is 3. The van der Waals surface area contributed by atoms with Crippen LogP contribution in [0.25, 0.3) is 0 Å². The highest BCUT2D eigenvalue weighted by Crippen LogP contribution is 2.38. The second-order valence-electron chi connectivity index (χ2n) is 12.0. The number of amides is 1. The normalized spacial score (nSPS) is 20.9. The maximum atomic E-state index is 12.5. The number of nitrogens with one attached hydrogen (secondary N) is 1. The summed E-state index contributed by atoms with van der Waals surface area (Å²) in [4.78, 5) is 12.5. The number of benzene rings is 2. The fraction of sp³-hybridized carbons (Fsp3) is 0.552. The highest BCUT2D eigenvalue weighted by molar-refractivity contribution is 6.99. The number of carbonyl (C=O) groups is 1. The number of aliphatic hydroxyl groups is 1. The molecule has 3 atom stereocenters. The van der Waals surface area contributed by atoms with Crippen molar-refractivity contribution in [3.05, 3.63) is 60.7 Å². The van der Waals surface area contributed by atoms with Crippen LogP contribution in [-0.4, -0.2) is 62.4 Å². The topological polar surface area (TPSA) is 86.3 Å². The van der Waals surface area contributed by atoms with Gasteiger partial charge >= 0.3 is 6.09 Å². The number of carbonyl (C=O) groups excluding carboxylic acids is 1. The monoisotopic (exact) mass is 529 g/mol.